The summed E-state index contributed by atoms with van der Waals surface area (Å²) in [6, 6.07) is 0. The van der Waals surface area contributed by atoms with Crippen LogP contribution in [0.5, 0.6) is 0 Å². The number of carbonyl (C=O) groups excluding carboxylic acids is 1. The molecule has 0 aliphatic rings. The molecule has 0 atom stereocenters. The third-order valence-corrected chi connectivity index (χ3v) is 2.67. The van der Waals surface area contributed by atoms with Gasteiger partial charge in [-0.1, -0.05) is 0 Å². The van der Waals surface area contributed by atoms with Gasteiger partial charge < -0.3 is 11.1 Å². The van der Waals surface area contributed by atoms with Crippen molar-refractivity contribution in [2.75, 3.05) is 25.1 Å². The van der Waals surface area contributed by atoms with Crippen LogP contribution >= 0.6 is 0 Å². The van der Waals surface area contributed by atoms with Gasteiger partial charge in [-0.3, -0.25) is 4.79 Å². The molecule has 1 amide bonds. The highest BCUT2D eigenvalue weighted by atomic mass is 32.2. The molecule has 0 aliphatic carbocycles. The van der Waals surface area contributed by atoms with Gasteiger partial charge in [-0.15, -0.1) is 0 Å². The Bertz CT molecular complexity index is 517. The van der Waals surface area contributed by atoms with Gasteiger partial charge in [0, 0.05) is 25.5 Å². The number of amides is 1. The second kappa shape index (κ2) is 6.26. The van der Waals surface area contributed by atoms with Gasteiger partial charge in [0.1, 0.15) is 0 Å². The third-order valence-electron chi connectivity index (χ3n) is 1.94. The molecule has 0 unspecified atom stereocenters. The lowest BCUT2D eigenvalue weighted by Gasteiger charge is -2.06. The molecule has 1 heterocycles. The van der Waals surface area contributed by atoms with Crippen LogP contribution in [0.4, 0.5) is 5.82 Å². The van der Waals surface area contributed by atoms with Crippen molar-refractivity contribution in [2.24, 2.45) is 0 Å². The van der Waals surface area contributed by atoms with E-state index in [-0.39, 0.29) is 18.1 Å². The van der Waals surface area contributed by atoms with Gasteiger partial charge in [0.05, 0.1) is 6.26 Å². The van der Waals surface area contributed by atoms with Crippen LogP contribution < -0.4 is 15.8 Å². The highest BCUT2D eigenvalue weighted by Gasteiger charge is 2.10. The van der Waals surface area contributed by atoms with Gasteiger partial charge in [-0.05, 0) is 6.42 Å². The molecule has 8 nitrogen and oxygen atoms in total. The van der Waals surface area contributed by atoms with Crippen molar-refractivity contribution in [2.45, 2.75) is 6.42 Å². The molecule has 0 aromatic carbocycles. The normalized spacial score (nSPS) is 11.2. The predicted octanol–water partition coefficient (Wildman–Crippen LogP) is -1.27. The molecule has 0 spiro atoms. The van der Waals surface area contributed by atoms with Crippen LogP contribution in [-0.2, 0) is 10.0 Å². The van der Waals surface area contributed by atoms with Crippen molar-refractivity contribution in [3.63, 3.8) is 0 Å². The van der Waals surface area contributed by atoms with Crippen LogP contribution in [0.15, 0.2) is 12.4 Å². The number of aromatic nitrogens is 2. The first kappa shape index (κ1) is 14.3. The van der Waals surface area contributed by atoms with E-state index < -0.39 is 15.9 Å². The summed E-state index contributed by atoms with van der Waals surface area (Å²) in [6.07, 6.45) is 4.31. The smallest absolute Gasteiger partial charge is 0.273 e. The lowest BCUT2D eigenvalue weighted by Crippen LogP contribution is -2.30. The van der Waals surface area contributed by atoms with Crippen LogP contribution in [0.25, 0.3) is 0 Å². The zero-order valence-corrected chi connectivity index (χ0v) is 10.7. The fraction of sp³-hybridized carbons (Fsp3) is 0.444. The molecular weight excluding hydrogens is 258 g/mol. The first-order valence-electron chi connectivity index (χ1n) is 5.19. The van der Waals surface area contributed by atoms with Gasteiger partial charge in [-0.2, -0.15) is 0 Å². The molecular formula is C9H15N5O3S. The lowest BCUT2D eigenvalue weighted by molar-refractivity contribution is 0.0949. The maximum atomic E-state index is 11.6. The number of carbonyl (C=O) groups is 1. The first-order chi connectivity index (χ1) is 8.40. The number of sulfonamides is 1. The Kier molecular flexibility index (Phi) is 4.98. The largest absolute Gasteiger partial charge is 0.382 e. The SMILES string of the molecule is CS(=O)(=O)NCCCNC(=O)c1nccnc1N. The van der Waals surface area contributed by atoms with E-state index in [0.29, 0.717) is 13.0 Å². The first-order valence-corrected chi connectivity index (χ1v) is 7.08. The van der Waals surface area contributed by atoms with E-state index in [4.69, 9.17) is 5.73 Å². The van der Waals surface area contributed by atoms with Crippen molar-refractivity contribution in [3.8, 4) is 0 Å². The average molecular weight is 273 g/mol. The summed E-state index contributed by atoms with van der Waals surface area (Å²) in [5, 5.41) is 2.57. The maximum Gasteiger partial charge on any atom is 0.273 e. The molecule has 0 saturated heterocycles. The second-order valence-electron chi connectivity index (χ2n) is 3.57. The summed E-state index contributed by atoms with van der Waals surface area (Å²) in [5.74, 6) is -0.371. The van der Waals surface area contributed by atoms with Crippen LogP contribution in [-0.4, -0.2) is 43.6 Å². The number of anilines is 1. The lowest BCUT2D eigenvalue weighted by atomic mass is 10.3. The van der Waals surface area contributed by atoms with E-state index in [9.17, 15) is 13.2 Å². The van der Waals surface area contributed by atoms with Crippen LogP contribution in [0.3, 0.4) is 0 Å². The quantitative estimate of drug-likeness (QED) is 0.554. The fourth-order valence-electron chi connectivity index (χ4n) is 1.16. The molecule has 9 heteroatoms. The molecule has 1 aromatic heterocycles. The number of nitrogens with one attached hydrogen (secondary N) is 2. The highest BCUT2D eigenvalue weighted by molar-refractivity contribution is 7.88. The molecule has 1 aromatic rings. The van der Waals surface area contributed by atoms with Gasteiger partial charge >= 0.3 is 0 Å². The summed E-state index contributed by atoms with van der Waals surface area (Å²) >= 11 is 0. The molecule has 0 bridgehead atoms. The van der Waals surface area contributed by atoms with Gasteiger partial charge in [0.2, 0.25) is 10.0 Å². The highest BCUT2D eigenvalue weighted by Crippen LogP contribution is 2.01. The third kappa shape index (κ3) is 5.06. The van der Waals surface area contributed by atoms with Crippen molar-refractivity contribution < 1.29 is 13.2 Å². The molecule has 100 valence electrons. The predicted molar refractivity (Wildman–Crippen MR) is 66.2 cm³/mol. The molecule has 0 aliphatic heterocycles. The van der Waals surface area contributed by atoms with E-state index in [1.165, 1.54) is 12.4 Å². The number of hydrogen-bond donors (Lipinski definition) is 3. The monoisotopic (exact) mass is 273 g/mol. The Morgan fingerprint density at radius 3 is 2.61 bits per heavy atom. The summed E-state index contributed by atoms with van der Waals surface area (Å²) in [4.78, 5) is 19.1. The van der Waals surface area contributed by atoms with Crippen LogP contribution in [0, 0.1) is 0 Å². The number of hydrogen-bond acceptors (Lipinski definition) is 6. The topological polar surface area (TPSA) is 127 Å². The average Bonchev–Trinajstić information content (AvgIpc) is 2.27. The standard InChI is InChI=1S/C9H15N5O3S/c1-18(16,17)14-4-2-3-13-9(15)7-8(10)12-6-5-11-7/h5-6,14H,2-4H2,1H3,(H2,10,12)(H,13,15). The Hall–Kier alpha value is -1.74. The number of nitrogen functional groups attached to an aromatic ring is 1. The maximum absolute atomic E-state index is 11.6. The molecule has 1 rings (SSSR count). The molecule has 0 saturated carbocycles. The van der Waals surface area contributed by atoms with Gasteiger partial charge in [0.15, 0.2) is 11.5 Å². The van der Waals surface area contributed by atoms with Crippen LogP contribution in [0.1, 0.15) is 16.9 Å². The zero-order chi connectivity index (χ0) is 13.6. The Morgan fingerprint density at radius 1 is 1.33 bits per heavy atom. The van der Waals surface area contributed by atoms with Crippen LogP contribution in [0.2, 0.25) is 0 Å². The number of nitrogens with zero attached hydrogens (tertiary/aromatic N) is 2. The van der Waals surface area contributed by atoms with Crippen molar-refractivity contribution in [1.29, 1.82) is 0 Å². The van der Waals surface area contributed by atoms with Crippen molar-refractivity contribution >= 4 is 21.7 Å². The minimum Gasteiger partial charge on any atom is -0.382 e. The van der Waals surface area contributed by atoms with E-state index >= 15 is 0 Å². The minimum atomic E-state index is -3.19. The number of nitrogens with two attached hydrogens (primary N) is 1. The van der Waals surface area contributed by atoms with Gasteiger partial charge in [-0.25, -0.2) is 23.1 Å². The zero-order valence-electron chi connectivity index (χ0n) is 9.88. The Labute approximate surface area is 105 Å². The number of rotatable bonds is 6. The van der Waals surface area contributed by atoms with Crippen molar-refractivity contribution in [1.82, 2.24) is 20.0 Å². The van der Waals surface area contributed by atoms with Crippen molar-refractivity contribution in [3.05, 3.63) is 18.1 Å². The minimum absolute atomic E-state index is 0.0595. The molecule has 0 radical (unpaired) electrons. The molecule has 4 N–H and O–H groups in total. The fourth-order valence-corrected chi connectivity index (χ4v) is 1.67. The molecule has 18 heavy (non-hydrogen) atoms. The van der Waals surface area contributed by atoms with E-state index in [2.05, 4.69) is 20.0 Å². The summed E-state index contributed by atoms with van der Waals surface area (Å²) in [6.45, 7) is 0.576. The Balaban J connectivity index is 2.33. The second-order valence-corrected chi connectivity index (χ2v) is 5.40. The van der Waals surface area contributed by atoms with E-state index in [1.807, 2.05) is 0 Å². The Morgan fingerprint density at radius 2 is 2.00 bits per heavy atom. The summed E-state index contributed by atoms with van der Waals surface area (Å²) in [7, 11) is -3.19. The summed E-state index contributed by atoms with van der Waals surface area (Å²) in [5.41, 5.74) is 5.55. The van der Waals surface area contributed by atoms with E-state index in [1.54, 1.807) is 0 Å². The van der Waals surface area contributed by atoms with Gasteiger partial charge in [0.25, 0.3) is 5.91 Å². The van der Waals surface area contributed by atoms with E-state index in [0.717, 1.165) is 6.26 Å². The summed E-state index contributed by atoms with van der Waals surface area (Å²) < 4.78 is 23.8. The molecule has 0 fully saturated rings.